The van der Waals surface area contributed by atoms with Crippen LogP contribution in [-0.2, 0) is 6.42 Å². The Labute approximate surface area is 93.9 Å². The van der Waals surface area contributed by atoms with E-state index in [2.05, 4.69) is 35.6 Å². The van der Waals surface area contributed by atoms with E-state index in [-0.39, 0.29) is 5.82 Å². The molecule has 0 amide bonds. The van der Waals surface area contributed by atoms with Crippen molar-refractivity contribution in [2.24, 2.45) is 0 Å². The third-order valence-electron chi connectivity index (χ3n) is 2.08. The first-order valence-corrected chi connectivity index (χ1v) is 6.04. The summed E-state index contributed by atoms with van der Waals surface area (Å²) in [6.07, 6.45) is 0.890. The first kappa shape index (κ1) is 9.40. The maximum absolute atomic E-state index is 13.7. The largest absolute Gasteiger partial charge is 0.204 e. The maximum Gasteiger partial charge on any atom is 0.154 e. The van der Waals surface area contributed by atoms with Gasteiger partial charge in [-0.25, -0.2) is 4.39 Å². The van der Waals surface area contributed by atoms with Gasteiger partial charge < -0.3 is 0 Å². The van der Waals surface area contributed by atoms with Gasteiger partial charge in [0.05, 0.1) is 8.27 Å². The fourth-order valence-electron chi connectivity index (χ4n) is 1.36. The van der Waals surface area contributed by atoms with Crippen LogP contribution in [0.4, 0.5) is 4.39 Å². The highest BCUT2D eigenvalue weighted by Gasteiger charge is 2.10. The van der Waals surface area contributed by atoms with E-state index in [1.54, 1.807) is 0 Å². The molecule has 68 valence electrons. The highest BCUT2D eigenvalue weighted by Crippen LogP contribution is 2.30. The number of benzene rings is 1. The van der Waals surface area contributed by atoms with Crippen LogP contribution in [0.2, 0.25) is 0 Å². The number of hydrogen-bond donors (Lipinski definition) is 0. The van der Waals surface area contributed by atoms with Gasteiger partial charge in [-0.05, 0) is 57.5 Å². The van der Waals surface area contributed by atoms with E-state index in [0.29, 0.717) is 0 Å². The Balaban J connectivity index is 2.83. The molecule has 2 rings (SSSR count). The Hall–Kier alpha value is -0.160. The number of fused-ring (bicyclic) bond motifs is 1. The fraction of sp³-hybridized carbons (Fsp3) is 0.200. The first-order chi connectivity index (χ1) is 6.24. The summed E-state index contributed by atoms with van der Waals surface area (Å²) in [7, 11) is 0. The van der Waals surface area contributed by atoms with Crippen molar-refractivity contribution in [2.45, 2.75) is 13.3 Å². The van der Waals surface area contributed by atoms with E-state index < -0.39 is 0 Å². The fourth-order valence-corrected chi connectivity index (χ4v) is 3.17. The Morgan fingerprint density at radius 2 is 2.31 bits per heavy atom. The van der Waals surface area contributed by atoms with Gasteiger partial charge in [0.2, 0.25) is 0 Å². The van der Waals surface area contributed by atoms with Gasteiger partial charge in [0.15, 0.2) is 5.82 Å². The van der Waals surface area contributed by atoms with Gasteiger partial charge in [0.25, 0.3) is 0 Å². The molecule has 3 heteroatoms. The summed E-state index contributed by atoms with van der Waals surface area (Å²) in [5, 5.41) is 2.96. The molecule has 0 aliphatic carbocycles. The molecule has 0 radical (unpaired) electrons. The average molecular weight is 306 g/mol. The van der Waals surface area contributed by atoms with E-state index in [1.807, 2.05) is 11.4 Å². The van der Waals surface area contributed by atoms with Crippen molar-refractivity contribution >= 4 is 44.0 Å². The zero-order valence-corrected chi connectivity index (χ0v) is 10.1. The molecule has 0 saturated carbocycles. The van der Waals surface area contributed by atoms with Gasteiger partial charge in [-0.2, -0.15) is 0 Å². The van der Waals surface area contributed by atoms with Crippen molar-refractivity contribution in [3.05, 3.63) is 32.5 Å². The van der Waals surface area contributed by atoms with Crippen molar-refractivity contribution in [1.29, 1.82) is 0 Å². The van der Waals surface area contributed by atoms with E-state index in [0.717, 1.165) is 25.6 Å². The second-order valence-electron chi connectivity index (χ2n) is 2.86. The third-order valence-corrected chi connectivity index (χ3v) is 4.17. The summed E-state index contributed by atoms with van der Waals surface area (Å²) in [6, 6.07) is 4.05. The van der Waals surface area contributed by atoms with Crippen molar-refractivity contribution in [1.82, 2.24) is 0 Å². The van der Waals surface area contributed by atoms with Gasteiger partial charge >= 0.3 is 0 Å². The Kier molecular flexibility index (Phi) is 2.55. The van der Waals surface area contributed by atoms with Crippen LogP contribution in [0.1, 0.15) is 12.5 Å². The highest BCUT2D eigenvalue weighted by atomic mass is 127. The lowest BCUT2D eigenvalue weighted by Gasteiger charge is -2.03. The van der Waals surface area contributed by atoms with E-state index >= 15 is 0 Å². The summed E-state index contributed by atoms with van der Waals surface area (Å²) < 4.78 is 15.2. The molecule has 1 heterocycles. The number of halogens is 2. The molecule has 0 aliphatic rings. The zero-order chi connectivity index (χ0) is 9.42. The second kappa shape index (κ2) is 3.53. The minimum atomic E-state index is -0.0510. The lowest BCUT2D eigenvalue weighted by atomic mass is 10.1. The minimum Gasteiger partial charge on any atom is -0.204 e. The van der Waals surface area contributed by atoms with Gasteiger partial charge in [-0.3, -0.25) is 0 Å². The van der Waals surface area contributed by atoms with Crippen LogP contribution in [0, 0.1) is 9.39 Å². The van der Waals surface area contributed by atoms with Crippen molar-refractivity contribution in [2.75, 3.05) is 0 Å². The molecule has 1 aromatic heterocycles. The molecule has 0 nitrogen and oxygen atoms in total. The summed E-state index contributed by atoms with van der Waals surface area (Å²) >= 11 is 3.55. The van der Waals surface area contributed by atoms with E-state index in [1.165, 1.54) is 11.3 Å². The molecular weight excluding hydrogens is 298 g/mol. The zero-order valence-electron chi connectivity index (χ0n) is 7.10. The van der Waals surface area contributed by atoms with Crippen LogP contribution in [0.5, 0.6) is 0 Å². The number of aryl methyl sites for hydroxylation is 1. The van der Waals surface area contributed by atoms with Crippen LogP contribution in [0.15, 0.2) is 17.5 Å². The maximum atomic E-state index is 13.7. The molecule has 0 unspecified atom stereocenters. The molecule has 13 heavy (non-hydrogen) atoms. The average Bonchev–Trinajstić information content (AvgIpc) is 2.59. The quantitative estimate of drug-likeness (QED) is 0.692. The molecular formula is C10H8FIS. The lowest BCUT2D eigenvalue weighted by Crippen LogP contribution is -1.90. The molecule has 0 saturated heterocycles. The van der Waals surface area contributed by atoms with Crippen LogP contribution >= 0.6 is 33.9 Å². The molecule has 0 atom stereocenters. The minimum absolute atomic E-state index is 0.0510. The van der Waals surface area contributed by atoms with Crippen molar-refractivity contribution in [3.8, 4) is 0 Å². The normalized spacial score (nSPS) is 11.0. The standard InChI is InChI=1S/C10H8FIS/c1-2-6-5-7-3-4-13-10(7)8(11)9(6)12/h3-5H,2H2,1H3. The van der Waals surface area contributed by atoms with Gasteiger partial charge in [-0.15, -0.1) is 11.3 Å². The monoisotopic (exact) mass is 306 g/mol. The SMILES string of the molecule is CCc1cc2ccsc2c(F)c1I. The summed E-state index contributed by atoms with van der Waals surface area (Å²) in [6.45, 7) is 2.05. The van der Waals surface area contributed by atoms with Crippen LogP contribution in [-0.4, -0.2) is 0 Å². The molecule has 0 aliphatic heterocycles. The number of hydrogen-bond acceptors (Lipinski definition) is 1. The van der Waals surface area contributed by atoms with Crippen molar-refractivity contribution in [3.63, 3.8) is 0 Å². The second-order valence-corrected chi connectivity index (χ2v) is 4.85. The summed E-state index contributed by atoms with van der Waals surface area (Å²) in [5.41, 5.74) is 1.10. The summed E-state index contributed by atoms with van der Waals surface area (Å²) in [5.74, 6) is -0.0510. The topological polar surface area (TPSA) is 0 Å². The van der Waals surface area contributed by atoms with E-state index in [4.69, 9.17) is 0 Å². The van der Waals surface area contributed by atoms with Crippen LogP contribution < -0.4 is 0 Å². The van der Waals surface area contributed by atoms with Crippen LogP contribution in [0.3, 0.4) is 0 Å². The molecule has 0 N–H and O–H groups in total. The van der Waals surface area contributed by atoms with Crippen LogP contribution in [0.25, 0.3) is 10.1 Å². The van der Waals surface area contributed by atoms with Crippen molar-refractivity contribution < 1.29 is 4.39 Å². The lowest BCUT2D eigenvalue weighted by molar-refractivity contribution is 0.632. The number of rotatable bonds is 1. The Morgan fingerprint density at radius 1 is 1.54 bits per heavy atom. The number of thiophene rings is 1. The molecule has 2 aromatic rings. The Morgan fingerprint density at radius 3 is 3.00 bits per heavy atom. The molecule has 0 fully saturated rings. The van der Waals surface area contributed by atoms with Gasteiger partial charge in [0, 0.05) is 0 Å². The first-order valence-electron chi connectivity index (χ1n) is 4.08. The predicted molar refractivity (Wildman–Crippen MR) is 63.9 cm³/mol. The highest BCUT2D eigenvalue weighted by molar-refractivity contribution is 14.1. The molecule has 0 bridgehead atoms. The predicted octanol–water partition coefficient (Wildman–Crippen LogP) is 4.21. The van der Waals surface area contributed by atoms with E-state index in [9.17, 15) is 4.39 Å². The molecule has 0 spiro atoms. The van der Waals surface area contributed by atoms with Gasteiger partial charge in [0.1, 0.15) is 0 Å². The third kappa shape index (κ3) is 1.48. The summed E-state index contributed by atoms with van der Waals surface area (Å²) in [4.78, 5) is 0. The Bertz CT molecular complexity index is 447. The molecule has 1 aromatic carbocycles. The van der Waals surface area contributed by atoms with Gasteiger partial charge in [-0.1, -0.05) is 6.92 Å². The smallest absolute Gasteiger partial charge is 0.154 e.